The molecule has 0 aliphatic carbocycles. The minimum absolute atomic E-state index is 0.0138. The standard InChI is InChI=1S/C15H18N6O/c1-10-18-15(20-19-10)12-4-6-22-14(12)9-21(2)13-3-5-17-8-11(13)7-16/h3,5,8,12,14H,4,6,9H2,1-2H3,(H,18,19,20)/t12-,14-/m1/s1. The van der Waals surface area contributed by atoms with Crippen LogP contribution in [0.5, 0.6) is 0 Å². The molecule has 3 rings (SSSR count). The Kier molecular flexibility index (Phi) is 4.02. The lowest BCUT2D eigenvalue weighted by Crippen LogP contribution is -2.32. The third-order valence-corrected chi connectivity index (χ3v) is 3.94. The van der Waals surface area contributed by atoms with E-state index in [2.05, 4.69) is 26.2 Å². The predicted molar refractivity (Wildman–Crippen MR) is 80.4 cm³/mol. The first-order valence-electron chi connectivity index (χ1n) is 7.25. The van der Waals surface area contributed by atoms with Gasteiger partial charge in [0.05, 0.1) is 23.3 Å². The van der Waals surface area contributed by atoms with E-state index in [1.807, 2.05) is 24.9 Å². The molecule has 22 heavy (non-hydrogen) atoms. The number of anilines is 1. The van der Waals surface area contributed by atoms with Crippen molar-refractivity contribution in [1.29, 1.82) is 5.26 Å². The predicted octanol–water partition coefficient (Wildman–Crippen LogP) is 1.39. The first-order chi connectivity index (χ1) is 10.7. The normalized spacial score (nSPS) is 20.8. The van der Waals surface area contributed by atoms with Gasteiger partial charge in [-0.25, -0.2) is 4.98 Å². The lowest BCUT2D eigenvalue weighted by Gasteiger charge is -2.25. The first kappa shape index (κ1) is 14.5. The highest BCUT2D eigenvalue weighted by Crippen LogP contribution is 2.30. The molecule has 2 aromatic heterocycles. The average molecular weight is 298 g/mol. The van der Waals surface area contributed by atoms with E-state index in [1.165, 1.54) is 0 Å². The number of nitrogens with one attached hydrogen (secondary N) is 1. The smallest absolute Gasteiger partial charge is 0.156 e. The van der Waals surface area contributed by atoms with Crippen molar-refractivity contribution >= 4 is 5.69 Å². The van der Waals surface area contributed by atoms with Crippen LogP contribution in [0, 0.1) is 18.3 Å². The van der Waals surface area contributed by atoms with Gasteiger partial charge in [-0.2, -0.15) is 10.4 Å². The lowest BCUT2D eigenvalue weighted by molar-refractivity contribution is 0.108. The zero-order valence-corrected chi connectivity index (χ0v) is 12.7. The number of aryl methyl sites for hydroxylation is 1. The van der Waals surface area contributed by atoms with Crippen molar-refractivity contribution in [3.8, 4) is 6.07 Å². The van der Waals surface area contributed by atoms with Gasteiger partial charge < -0.3 is 9.64 Å². The van der Waals surface area contributed by atoms with Gasteiger partial charge in [0.25, 0.3) is 0 Å². The van der Waals surface area contributed by atoms with Crippen molar-refractivity contribution < 1.29 is 4.74 Å². The number of aromatic amines is 1. The van der Waals surface area contributed by atoms with Crippen LogP contribution in [0.3, 0.4) is 0 Å². The second-order valence-electron chi connectivity index (χ2n) is 5.47. The summed E-state index contributed by atoms with van der Waals surface area (Å²) in [5, 5.41) is 16.3. The highest BCUT2D eigenvalue weighted by atomic mass is 16.5. The number of nitriles is 1. The number of rotatable bonds is 4. The molecule has 0 radical (unpaired) electrons. The molecule has 0 bridgehead atoms. The number of likely N-dealkylation sites (N-methyl/N-ethyl adjacent to an activating group) is 1. The van der Waals surface area contributed by atoms with E-state index < -0.39 is 0 Å². The molecule has 1 N–H and O–H groups in total. The van der Waals surface area contributed by atoms with Crippen LogP contribution in [-0.2, 0) is 4.74 Å². The van der Waals surface area contributed by atoms with E-state index in [4.69, 9.17) is 4.74 Å². The molecule has 114 valence electrons. The number of aromatic nitrogens is 4. The first-order valence-corrected chi connectivity index (χ1v) is 7.25. The Labute approximate surface area is 129 Å². The van der Waals surface area contributed by atoms with Crippen LogP contribution < -0.4 is 4.90 Å². The number of hydrogen-bond donors (Lipinski definition) is 1. The summed E-state index contributed by atoms with van der Waals surface area (Å²) in [6, 6.07) is 4.02. The summed E-state index contributed by atoms with van der Waals surface area (Å²) in [5.41, 5.74) is 1.42. The topological polar surface area (TPSA) is 90.7 Å². The highest BCUT2D eigenvalue weighted by Gasteiger charge is 2.33. The van der Waals surface area contributed by atoms with Crippen LogP contribution in [-0.4, -0.2) is 46.5 Å². The van der Waals surface area contributed by atoms with Crippen molar-refractivity contribution in [1.82, 2.24) is 20.2 Å². The summed E-state index contributed by atoms with van der Waals surface area (Å²) < 4.78 is 5.86. The number of nitrogens with zero attached hydrogens (tertiary/aromatic N) is 5. The molecule has 1 saturated heterocycles. The van der Waals surface area contributed by atoms with E-state index in [0.29, 0.717) is 18.7 Å². The van der Waals surface area contributed by atoms with Gasteiger partial charge in [-0.05, 0) is 19.4 Å². The molecule has 7 heteroatoms. The quantitative estimate of drug-likeness (QED) is 0.917. The van der Waals surface area contributed by atoms with Gasteiger partial charge in [-0.1, -0.05) is 0 Å². The fourth-order valence-electron chi connectivity index (χ4n) is 2.82. The second-order valence-corrected chi connectivity index (χ2v) is 5.47. The van der Waals surface area contributed by atoms with E-state index in [9.17, 15) is 5.26 Å². The minimum Gasteiger partial charge on any atom is -0.376 e. The van der Waals surface area contributed by atoms with E-state index in [0.717, 1.165) is 23.8 Å². The third kappa shape index (κ3) is 2.78. The maximum absolute atomic E-state index is 9.19. The van der Waals surface area contributed by atoms with Gasteiger partial charge in [0.15, 0.2) is 5.82 Å². The SMILES string of the molecule is Cc1nc([C@@H]2CCO[C@@H]2CN(C)c2ccncc2C#N)n[nH]1. The zero-order valence-electron chi connectivity index (χ0n) is 12.7. The number of ether oxygens (including phenoxy) is 1. The molecular formula is C15H18N6O. The summed E-state index contributed by atoms with van der Waals surface area (Å²) >= 11 is 0. The Balaban J connectivity index is 1.76. The Morgan fingerprint density at radius 1 is 1.55 bits per heavy atom. The Morgan fingerprint density at radius 2 is 2.41 bits per heavy atom. The maximum Gasteiger partial charge on any atom is 0.156 e. The van der Waals surface area contributed by atoms with Crippen LogP contribution in [0.25, 0.3) is 0 Å². The van der Waals surface area contributed by atoms with E-state index in [-0.39, 0.29) is 12.0 Å². The molecule has 0 spiro atoms. The summed E-state index contributed by atoms with van der Waals surface area (Å²) in [7, 11) is 1.96. The number of pyridine rings is 1. The van der Waals surface area contributed by atoms with Gasteiger partial charge in [-0.15, -0.1) is 0 Å². The average Bonchev–Trinajstić information content (AvgIpc) is 3.15. The van der Waals surface area contributed by atoms with Crippen molar-refractivity contribution in [2.45, 2.75) is 25.4 Å². The van der Waals surface area contributed by atoms with Crippen LogP contribution >= 0.6 is 0 Å². The molecule has 2 atom stereocenters. The molecule has 1 aliphatic rings. The number of hydrogen-bond acceptors (Lipinski definition) is 6. The van der Waals surface area contributed by atoms with Crippen molar-refractivity contribution in [3.63, 3.8) is 0 Å². The van der Waals surface area contributed by atoms with Gasteiger partial charge >= 0.3 is 0 Å². The van der Waals surface area contributed by atoms with E-state index >= 15 is 0 Å². The Hall–Kier alpha value is -2.46. The monoisotopic (exact) mass is 298 g/mol. The Bertz CT molecular complexity index is 691. The fourth-order valence-corrected chi connectivity index (χ4v) is 2.82. The highest BCUT2D eigenvalue weighted by molar-refractivity contribution is 5.57. The molecule has 1 fully saturated rings. The van der Waals surface area contributed by atoms with Crippen molar-refractivity contribution in [3.05, 3.63) is 35.7 Å². The molecule has 3 heterocycles. The molecule has 0 aromatic carbocycles. The zero-order chi connectivity index (χ0) is 15.5. The van der Waals surface area contributed by atoms with Crippen LogP contribution in [0.1, 0.15) is 29.6 Å². The summed E-state index contributed by atoms with van der Waals surface area (Å²) in [4.78, 5) is 10.5. The maximum atomic E-state index is 9.19. The largest absolute Gasteiger partial charge is 0.376 e. The molecule has 2 aromatic rings. The van der Waals surface area contributed by atoms with Crippen LogP contribution in [0.4, 0.5) is 5.69 Å². The van der Waals surface area contributed by atoms with Gasteiger partial charge in [-0.3, -0.25) is 10.1 Å². The third-order valence-electron chi connectivity index (χ3n) is 3.94. The van der Waals surface area contributed by atoms with Gasteiger partial charge in [0.1, 0.15) is 11.9 Å². The van der Waals surface area contributed by atoms with Gasteiger partial charge in [0.2, 0.25) is 0 Å². The number of H-pyrrole nitrogens is 1. The Morgan fingerprint density at radius 3 is 3.14 bits per heavy atom. The summed E-state index contributed by atoms with van der Waals surface area (Å²) in [6.07, 6.45) is 4.20. The fraction of sp³-hybridized carbons (Fsp3) is 0.467. The molecular weight excluding hydrogens is 280 g/mol. The van der Waals surface area contributed by atoms with Crippen molar-refractivity contribution in [2.75, 3.05) is 25.1 Å². The molecule has 7 nitrogen and oxygen atoms in total. The van der Waals surface area contributed by atoms with Gasteiger partial charge in [0, 0.05) is 32.6 Å². The lowest BCUT2D eigenvalue weighted by atomic mass is 10.00. The molecule has 1 aliphatic heterocycles. The summed E-state index contributed by atoms with van der Waals surface area (Å²) in [5.74, 6) is 1.80. The van der Waals surface area contributed by atoms with Crippen molar-refractivity contribution in [2.24, 2.45) is 0 Å². The summed E-state index contributed by atoms with van der Waals surface area (Å²) in [6.45, 7) is 3.28. The minimum atomic E-state index is 0.0138. The molecule has 0 saturated carbocycles. The van der Waals surface area contributed by atoms with E-state index in [1.54, 1.807) is 12.4 Å². The van der Waals surface area contributed by atoms with Crippen LogP contribution in [0.2, 0.25) is 0 Å². The molecule has 0 amide bonds. The second kappa shape index (κ2) is 6.12. The van der Waals surface area contributed by atoms with Crippen LogP contribution in [0.15, 0.2) is 18.5 Å². The molecule has 0 unspecified atom stereocenters.